The van der Waals surface area contributed by atoms with E-state index in [1.54, 1.807) is 23.5 Å². The third-order valence-electron chi connectivity index (χ3n) is 2.99. The molecule has 0 spiro atoms. The molecular weight excluding hydrogens is 285 g/mol. The van der Waals surface area contributed by atoms with E-state index in [4.69, 9.17) is 4.74 Å². The Balaban J connectivity index is 0.00000133. The van der Waals surface area contributed by atoms with Crippen LogP contribution in [0.4, 0.5) is 4.39 Å². The first-order valence-electron chi connectivity index (χ1n) is 5.97. The van der Waals surface area contributed by atoms with Gasteiger partial charge < -0.3 is 10.1 Å². The largest absolute Gasteiger partial charge is 0.488 e. The van der Waals surface area contributed by atoms with Crippen LogP contribution in [0.5, 0.6) is 5.75 Å². The minimum atomic E-state index is -0.216. The lowest BCUT2D eigenvalue weighted by molar-refractivity contribution is 0.228. The lowest BCUT2D eigenvalue weighted by atomic mass is 10.1. The summed E-state index contributed by atoms with van der Waals surface area (Å²) in [6, 6.07) is 6.65. The minimum Gasteiger partial charge on any atom is -0.488 e. The highest BCUT2D eigenvalue weighted by Gasteiger charge is 2.20. The quantitative estimate of drug-likeness (QED) is 0.864. The molecule has 0 saturated heterocycles. The molecule has 2 nitrogen and oxygen atoms in total. The molecule has 3 rings (SSSR count). The van der Waals surface area contributed by atoms with Gasteiger partial charge in [0, 0.05) is 24.0 Å². The normalized spacial score (nSPS) is 17.9. The van der Waals surface area contributed by atoms with Crippen LogP contribution in [0.1, 0.15) is 11.8 Å². The average Bonchev–Trinajstić information content (AvgIpc) is 2.63. The van der Waals surface area contributed by atoms with Crippen molar-refractivity contribution in [2.24, 2.45) is 0 Å². The molecule has 1 aliphatic heterocycles. The molecule has 2 heterocycles. The van der Waals surface area contributed by atoms with Crippen LogP contribution in [0.25, 0.3) is 11.1 Å². The van der Waals surface area contributed by atoms with Crippen LogP contribution in [0, 0.1) is 5.82 Å². The van der Waals surface area contributed by atoms with E-state index in [9.17, 15) is 4.39 Å². The zero-order chi connectivity index (χ0) is 12.5. The Hall–Kier alpha value is -1.10. The molecule has 1 unspecified atom stereocenters. The summed E-state index contributed by atoms with van der Waals surface area (Å²) in [4.78, 5) is 1.18. The Bertz CT molecular complexity index is 572. The van der Waals surface area contributed by atoms with Crippen molar-refractivity contribution in [3.63, 3.8) is 0 Å². The van der Waals surface area contributed by atoms with Crippen LogP contribution in [-0.4, -0.2) is 12.6 Å². The molecule has 1 aliphatic rings. The standard InChI is InChI=1S/C14H14FNOS.ClH/c1-9-6-16-7-13-14(17-9)12(8-18-13)10-3-2-4-11(15)5-10;/h2-5,8-9,16H,6-7H2,1H3;1H. The summed E-state index contributed by atoms with van der Waals surface area (Å²) in [6.07, 6.45) is 0.133. The van der Waals surface area contributed by atoms with E-state index in [0.29, 0.717) is 0 Å². The van der Waals surface area contributed by atoms with Crippen molar-refractivity contribution in [1.82, 2.24) is 5.32 Å². The summed E-state index contributed by atoms with van der Waals surface area (Å²) in [5.41, 5.74) is 1.87. The first kappa shape index (κ1) is 14.3. The molecule has 102 valence electrons. The van der Waals surface area contributed by atoms with Gasteiger partial charge in [-0.2, -0.15) is 0 Å². The number of thiophene rings is 1. The minimum absolute atomic E-state index is 0. The third kappa shape index (κ3) is 2.91. The fourth-order valence-electron chi connectivity index (χ4n) is 2.13. The molecule has 0 bridgehead atoms. The Morgan fingerprint density at radius 3 is 3.05 bits per heavy atom. The fourth-order valence-corrected chi connectivity index (χ4v) is 3.08. The zero-order valence-corrected chi connectivity index (χ0v) is 12.1. The number of hydrogen-bond donors (Lipinski definition) is 1. The molecule has 0 aliphatic carbocycles. The molecule has 0 amide bonds. The summed E-state index contributed by atoms with van der Waals surface area (Å²) in [5, 5.41) is 5.38. The van der Waals surface area contributed by atoms with Crippen molar-refractivity contribution >= 4 is 23.7 Å². The van der Waals surface area contributed by atoms with Crippen LogP contribution in [0.2, 0.25) is 0 Å². The molecule has 1 aromatic heterocycles. The van der Waals surface area contributed by atoms with Crippen molar-refractivity contribution in [2.75, 3.05) is 6.54 Å². The number of rotatable bonds is 1. The number of halogens is 2. The highest BCUT2D eigenvalue weighted by Crippen LogP contribution is 2.39. The number of nitrogens with one attached hydrogen (secondary N) is 1. The Kier molecular flexibility index (Phi) is 4.45. The SMILES string of the molecule is CC1CNCc2scc(-c3cccc(F)c3)c2O1.Cl. The molecule has 19 heavy (non-hydrogen) atoms. The molecule has 1 aromatic carbocycles. The van der Waals surface area contributed by atoms with Gasteiger partial charge in [-0.25, -0.2) is 4.39 Å². The Morgan fingerprint density at radius 2 is 2.26 bits per heavy atom. The second-order valence-corrected chi connectivity index (χ2v) is 5.44. The van der Waals surface area contributed by atoms with Gasteiger partial charge in [-0.05, 0) is 24.6 Å². The van der Waals surface area contributed by atoms with Gasteiger partial charge in [0.1, 0.15) is 17.7 Å². The molecule has 0 fully saturated rings. The molecule has 2 aromatic rings. The van der Waals surface area contributed by atoms with E-state index in [-0.39, 0.29) is 24.3 Å². The molecule has 1 atom stereocenters. The van der Waals surface area contributed by atoms with Crippen LogP contribution in [-0.2, 0) is 6.54 Å². The summed E-state index contributed by atoms with van der Waals surface area (Å²) >= 11 is 1.66. The second-order valence-electron chi connectivity index (χ2n) is 4.47. The predicted octanol–water partition coefficient (Wildman–Crippen LogP) is 3.85. The van der Waals surface area contributed by atoms with Gasteiger partial charge in [-0.1, -0.05) is 12.1 Å². The number of benzene rings is 1. The zero-order valence-electron chi connectivity index (χ0n) is 10.5. The number of ether oxygens (including phenoxy) is 1. The van der Waals surface area contributed by atoms with Crippen LogP contribution in [0.3, 0.4) is 0 Å². The lowest BCUT2D eigenvalue weighted by Gasteiger charge is -2.12. The average molecular weight is 300 g/mol. The van der Waals surface area contributed by atoms with Gasteiger partial charge in [-0.15, -0.1) is 23.7 Å². The first-order chi connectivity index (χ1) is 8.74. The van der Waals surface area contributed by atoms with E-state index in [2.05, 4.69) is 5.32 Å². The van der Waals surface area contributed by atoms with Crippen LogP contribution in [0.15, 0.2) is 29.6 Å². The maximum Gasteiger partial charge on any atom is 0.142 e. The maximum absolute atomic E-state index is 13.3. The fraction of sp³-hybridized carbons (Fsp3) is 0.286. The number of fused-ring (bicyclic) bond motifs is 1. The summed E-state index contributed by atoms with van der Waals surface area (Å²) in [5.74, 6) is 0.690. The summed E-state index contributed by atoms with van der Waals surface area (Å²) in [6.45, 7) is 3.69. The van der Waals surface area contributed by atoms with Crippen molar-refractivity contribution < 1.29 is 9.13 Å². The van der Waals surface area contributed by atoms with Crippen molar-refractivity contribution in [3.05, 3.63) is 40.3 Å². The van der Waals surface area contributed by atoms with Crippen LogP contribution < -0.4 is 10.1 Å². The van der Waals surface area contributed by atoms with Crippen LogP contribution >= 0.6 is 23.7 Å². The van der Waals surface area contributed by atoms with Crippen molar-refractivity contribution in [2.45, 2.75) is 19.6 Å². The van der Waals surface area contributed by atoms with Gasteiger partial charge in [0.05, 0.1) is 4.88 Å². The van der Waals surface area contributed by atoms with Crippen molar-refractivity contribution in [3.8, 4) is 16.9 Å². The highest BCUT2D eigenvalue weighted by atomic mass is 35.5. The monoisotopic (exact) mass is 299 g/mol. The molecule has 0 saturated carbocycles. The van der Waals surface area contributed by atoms with Gasteiger partial charge in [0.25, 0.3) is 0 Å². The molecular formula is C14H15ClFNOS. The smallest absolute Gasteiger partial charge is 0.142 e. The van der Waals surface area contributed by atoms with Crippen molar-refractivity contribution in [1.29, 1.82) is 0 Å². The topological polar surface area (TPSA) is 21.3 Å². The van der Waals surface area contributed by atoms with Gasteiger partial charge >= 0.3 is 0 Å². The van der Waals surface area contributed by atoms with Gasteiger partial charge in [0.2, 0.25) is 0 Å². The lowest BCUT2D eigenvalue weighted by Crippen LogP contribution is -2.25. The van der Waals surface area contributed by atoms with E-state index >= 15 is 0 Å². The van der Waals surface area contributed by atoms with E-state index in [1.165, 1.54) is 10.9 Å². The molecule has 5 heteroatoms. The third-order valence-corrected chi connectivity index (χ3v) is 3.96. The van der Waals surface area contributed by atoms with E-state index < -0.39 is 0 Å². The van der Waals surface area contributed by atoms with Gasteiger partial charge in [-0.3, -0.25) is 0 Å². The first-order valence-corrected chi connectivity index (χ1v) is 6.85. The molecule has 1 N–H and O–H groups in total. The van der Waals surface area contributed by atoms with E-state index in [0.717, 1.165) is 30.0 Å². The summed E-state index contributed by atoms with van der Waals surface area (Å²) < 4.78 is 19.2. The summed E-state index contributed by atoms with van der Waals surface area (Å²) in [7, 11) is 0. The van der Waals surface area contributed by atoms with E-state index in [1.807, 2.05) is 18.4 Å². The Morgan fingerprint density at radius 1 is 1.42 bits per heavy atom. The highest BCUT2D eigenvalue weighted by molar-refractivity contribution is 7.10. The number of hydrogen-bond acceptors (Lipinski definition) is 3. The Labute approximate surface area is 122 Å². The van der Waals surface area contributed by atoms with Gasteiger partial charge in [0.15, 0.2) is 0 Å². The predicted molar refractivity (Wildman–Crippen MR) is 78.8 cm³/mol. The second kappa shape index (κ2) is 5.90. The maximum atomic E-state index is 13.3. The molecule has 0 radical (unpaired) electrons.